The van der Waals surface area contributed by atoms with E-state index in [9.17, 15) is 19.8 Å². The quantitative estimate of drug-likeness (QED) is 0.465. The summed E-state index contributed by atoms with van der Waals surface area (Å²) in [7, 11) is 0. The average molecular weight is 444 g/mol. The highest BCUT2D eigenvalue weighted by Crippen LogP contribution is 2.32. The molecule has 0 saturated carbocycles. The molecule has 2 aromatic rings. The van der Waals surface area contributed by atoms with Crippen molar-refractivity contribution in [1.29, 1.82) is 0 Å². The highest BCUT2D eigenvalue weighted by atomic mass is 16.7. The Labute approximate surface area is 183 Å². The third-order valence-corrected chi connectivity index (χ3v) is 5.23. The van der Waals surface area contributed by atoms with Crippen molar-refractivity contribution in [2.45, 2.75) is 37.9 Å². The summed E-state index contributed by atoms with van der Waals surface area (Å²) >= 11 is 0. The molecule has 2 aromatic carbocycles. The Morgan fingerprint density at radius 1 is 0.781 bits per heavy atom. The number of ether oxygens (including phenoxy) is 2. The van der Waals surface area contributed by atoms with Gasteiger partial charge in [-0.2, -0.15) is 0 Å². The summed E-state index contributed by atoms with van der Waals surface area (Å²) in [4.78, 5) is 34.0. The number of carbonyl (C=O) groups excluding carboxylic acids is 2. The zero-order valence-electron chi connectivity index (χ0n) is 17.2. The lowest BCUT2D eigenvalue weighted by atomic mass is 10.0. The van der Waals surface area contributed by atoms with E-state index < -0.39 is 24.1 Å². The molecule has 32 heavy (non-hydrogen) atoms. The fourth-order valence-electron chi connectivity index (χ4n) is 3.56. The van der Waals surface area contributed by atoms with Gasteiger partial charge in [-0.05, 0) is 49.9 Å². The van der Waals surface area contributed by atoms with Crippen LogP contribution in [-0.4, -0.2) is 47.6 Å². The second kappa shape index (κ2) is 9.75. The van der Waals surface area contributed by atoms with Gasteiger partial charge in [-0.1, -0.05) is 12.1 Å². The van der Waals surface area contributed by atoms with Crippen LogP contribution in [-0.2, 0) is 32.1 Å². The summed E-state index contributed by atoms with van der Waals surface area (Å²) in [5.41, 5.74) is 7.58. The number of hydrogen-bond acceptors (Lipinski definition) is 10. The summed E-state index contributed by atoms with van der Waals surface area (Å²) in [5.74, 6) is -1.12. The summed E-state index contributed by atoms with van der Waals surface area (Å²) in [6.07, 6.45) is -1.21. The van der Waals surface area contributed by atoms with E-state index in [0.29, 0.717) is 36.1 Å². The fourth-order valence-corrected chi connectivity index (χ4v) is 3.56. The van der Waals surface area contributed by atoms with Crippen LogP contribution >= 0.6 is 0 Å². The van der Waals surface area contributed by atoms with Gasteiger partial charge in [-0.25, -0.2) is 20.5 Å². The van der Waals surface area contributed by atoms with Gasteiger partial charge in [0, 0.05) is 11.1 Å². The summed E-state index contributed by atoms with van der Waals surface area (Å²) < 4.78 is 11.1. The molecule has 0 aromatic heterocycles. The molecule has 0 fully saturated rings. The minimum atomic E-state index is -2.15. The van der Waals surface area contributed by atoms with E-state index in [1.807, 2.05) is 0 Å². The van der Waals surface area contributed by atoms with Crippen molar-refractivity contribution in [2.24, 2.45) is 0 Å². The predicted octanol–water partition coefficient (Wildman–Crippen LogP) is 1.50. The first-order valence-electron chi connectivity index (χ1n) is 10.3. The first-order chi connectivity index (χ1) is 15.5. The predicted molar refractivity (Wildman–Crippen MR) is 112 cm³/mol. The molecule has 0 amide bonds. The van der Waals surface area contributed by atoms with Gasteiger partial charge in [-0.3, -0.25) is 0 Å². The number of carbonyl (C=O) groups is 2. The third-order valence-electron chi connectivity index (χ3n) is 5.23. The first-order valence-corrected chi connectivity index (χ1v) is 10.3. The number of benzene rings is 2. The van der Waals surface area contributed by atoms with Crippen LogP contribution in [0.2, 0.25) is 0 Å². The molecule has 170 valence electrons. The third kappa shape index (κ3) is 4.71. The topological polar surface area (TPSA) is 136 Å². The molecule has 2 aliphatic heterocycles. The smallest absolute Gasteiger partial charge is 0.363 e. The SMILES string of the molecule is O=C(ONc1cccc2c1CCCO2)C(O)C(O)C(=O)ONc1cccc2c1CCCO2. The maximum atomic E-state index is 12.1. The number of aliphatic hydroxyl groups is 2. The Morgan fingerprint density at radius 3 is 1.66 bits per heavy atom. The zero-order valence-corrected chi connectivity index (χ0v) is 17.2. The standard InChI is InChI=1S/C22H24N2O8/c25-19(21(27)31-23-15-7-1-9-17-13(15)5-3-11-29-17)20(26)22(28)32-24-16-8-2-10-18-14(16)6-4-12-30-18/h1-2,7-10,19-20,23-26H,3-6,11-12H2. The number of aliphatic hydroxyl groups excluding tert-OH is 2. The molecule has 0 spiro atoms. The molecular weight excluding hydrogens is 420 g/mol. The molecule has 2 aliphatic rings. The van der Waals surface area contributed by atoms with E-state index in [2.05, 4.69) is 11.0 Å². The van der Waals surface area contributed by atoms with Crippen molar-refractivity contribution >= 4 is 23.3 Å². The summed E-state index contributed by atoms with van der Waals surface area (Å²) in [6.45, 7) is 1.21. The number of anilines is 2. The second-order valence-corrected chi connectivity index (χ2v) is 7.40. The Bertz CT molecular complexity index is 916. The molecule has 0 aliphatic carbocycles. The lowest BCUT2D eigenvalue weighted by Gasteiger charge is -2.22. The van der Waals surface area contributed by atoms with E-state index in [4.69, 9.17) is 19.1 Å². The Hall–Kier alpha value is -3.50. The van der Waals surface area contributed by atoms with Crippen molar-refractivity contribution < 1.29 is 39.0 Å². The van der Waals surface area contributed by atoms with E-state index in [-0.39, 0.29) is 0 Å². The lowest BCUT2D eigenvalue weighted by Crippen LogP contribution is -2.42. The van der Waals surface area contributed by atoms with Gasteiger partial charge < -0.3 is 29.4 Å². The van der Waals surface area contributed by atoms with Gasteiger partial charge in [0.05, 0.1) is 24.6 Å². The van der Waals surface area contributed by atoms with Crippen LogP contribution in [0.3, 0.4) is 0 Å². The summed E-state index contributed by atoms with van der Waals surface area (Å²) in [5, 5.41) is 20.0. The zero-order chi connectivity index (χ0) is 22.5. The number of fused-ring (bicyclic) bond motifs is 2. The highest BCUT2D eigenvalue weighted by molar-refractivity contribution is 5.86. The molecule has 10 heteroatoms. The first kappa shape index (κ1) is 21.7. The number of nitrogens with one attached hydrogen (secondary N) is 2. The molecule has 2 atom stereocenters. The van der Waals surface area contributed by atoms with E-state index in [0.717, 1.165) is 36.8 Å². The Balaban J connectivity index is 1.31. The molecule has 0 bridgehead atoms. The van der Waals surface area contributed by atoms with Crippen LogP contribution in [0.25, 0.3) is 0 Å². The highest BCUT2D eigenvalue weighted by Gasteiger charge is 2.34. The lowest BCUT2D eigenvalue weighted by molar-refractivity contribution is -0.169. The van der Waals surface area contributed by atoms with Crippen molar-refractivity contribution in [2.75, 3.05) is 24.2 Å². The Kier molecular flexibility index (Phi) is 6.62. The molecule has 0 radical (unpaired) electrons. The normalized spacial score (nSPS) is 16.2. The van der Waals surface area contributed by atoms with Crippen molar-refractivity contribution in [3.8, 4) is 11.5 Å². The number of hydrogen-bond donors (Lipinski definition) is 4. The summed E-state index contributed by atoms with van der Waals surface area (Å²) in [6, 6.07) is 10.4. The van der Waals surface area contributed by atoms with Crippen LogP contribution in [0.1, 0.15) is 24.0 Å². The largest absolute Gasteiger partial charge is 0.493 e. The van der Waals surface area contributed by atoms with Gasteiger partial charge in [-0.15, -0.1) is 0 Å². The van der Waals surface area contributed by atoms with Crippen LogP contribution in [0.4, 0.5) is 11.4 Å². The molecule has 0 saturated heterocycles. The van der Waals surface area contributed by atoms with Crippen LogP contribution < -0.4 is 20.4 Å². The van der Waals surface area contributed by atoms with Gasteiger partial charge in [0.15, 0.2) is 12.2 Å². The maximum Gasteiger partial charge on any atom is 0.363 e. The van der Waals surface area contributed by atoms with Gasteiger partial charge in [0.2, 0.25) is 0 Å². The molecular formula is C22H24N2O8. The minimum Gasteiger partial charge on any atom is -0.493 e. The van der Waals surface area contributed by atoms with E-state index in [1.54, 1.807) is 36.4 Å². The van der Waals surface area contributed by atoms with Crippen LogP contribution in [0, 0.1) is 0 Å². The molecule has 4 N–H and O–H groups in total. The molecule has 4 rings (SSSR count). The van der Waals surface area contributed by atoms with Crippen molar-refractivity contribution in [3.63, 3.8) is 0 Å². The van der Waals surface area contributed by atoms with Crippen LogP contribution in [0.5, 0.6) is 11.5 Å². The monoisotopic (exact) mass is 444 g/mol. The van der Waals surface area contributed by atoms with Crippen molar-refractivity contribution in [1.82, 2.24) is 0 Å². The van der Waals surface area contributed by atoms with E-state index in [1.165, 1.54) is 0 Å². The Morgan fingerprint density at radius 2 is 1.22 bits per heavy atom. The minimum absolute atomic E-state index is 0.498. The molecule has 2 unspecified atom stereocenters. The van der Waals surface area contributed by atoms with Crippen molar-refractivity contribution in [3.05, 3.63) is 47.5 Å². The molecule has 2 heterocycles. The fraction of sp³-hybridized carbons (Fsp3) is 0.364. The average Bonchev–Trinajstić information content (AvgIpc) is 2.84. The van der Waals surface area contributed by atoms with Crippen LogP contribution in [0.15, 0.2) is 36.4 Å². The number of rotatable bonds is 7. The van der Waals surface area contributed by atoms with Gasteiger partial charge in [0.25, 0.3) is 0 Å². The second-order valence-electron chi connectivity index (χ2n) is 7.40. The maximum absolute atomic E-state index is 12.1. The van der Waals surface area contributed by atoms with E-state index >= 15 is 0 Å². The molecule has 10 nitrogen and oxygen atoms in total. The van der Waals surface area contributed by atoms with Gasteiger partial charge in [0.1, 0.15) is 11.5 Å². The van der Waals surface area contributed by atoms with Gasteiger partial charge >= 0.3 is 11.9 Å².